The lowest BCUT2D eigenvalue weighted by molar-refractivity contribution is -0.166. The fraction of sp³-hybridized carbons (Fsp3) is 0.333. The van der Waals surface area contributed by atoms with E-state index in [1.165, 1.54) is 19.1 Å². The molecular formula is C9H12O4. The molecule has 0 aliphatic rings. The molecule has 0 amide bonds. The quantitative estimate of drug-likeness (QED) is 0.301. The minimum absolute atomic E-state index is 0.851. The largest absolute Gasteiger partial charge is 0.387 e. The van der Waals surface area contributed by atoms with Gasteiger partial charge in [0.1, 0.15) is 0 Å². The lowest BCUT2D eigenvalue weighted by atomic mass is 10.1. The van der Waals surface area contributed by atoms with Crippen LogP contribution < -0.4 is 0 Å². The van der Waals surface area contributed by atoms with Gasteiger partial charge in [-0.25, -0.2) is 9.59 Å². The predicted molar refractivity (Wildman–Crippen MR) is 46.7 cm³/mol. The second-order valence-electron chi connectivity index (χ2n) is 2.56. The van der Waals surface area contributed by atoms with E-state index < -0.39 is 17.5 Å². The summed E-state index contributed by atoms with van der Waals surface area (Å²) in [5, 5.41) is 9.38. The number of ether oxygens (including phenoxy) is 1. The third kappa shape index (κ3) is 3.66. The molecule has 0 radical (unpaired) electrons. The van der Waals surface area contributed by atoms with Gasteiger partial charge in [0.25, 0.3) is 0 Å². The van der Waals surface area contributed by atoms with Crippen LogP contribution in [0.4, 0.5) is 0 Å². The molecule has 0 aromatic carbocycles. The van der Waals surface area contributed by atoms with E-state index in [1.807, 2.05) is 0 Å². The molecule has 1 unspecified atom stereocenters. The van der Waals surface area contributed by atoms with Gasteiger partial charge >= 0.3 is 11.9 Å². The maximum Gasteiger partial charge on any atom is 0.349 e. The monoisotopic (exact) mass is 184 g/mol. The molecule has 0 fully saturated rings. The summed E-state index contributed by atoms with van der Waals surface area (Å²) in [6, 6.07) is 0. The van der Waals surface area contributed by atoms with E-state index in [1.54, 1.807) is 6.92 Å². The Balaban J connectivity index is 4.42. The maximum atomic E-state index is 11.0. The van der Waals surface area contributed by atoms with Crippen molar-refractivity contribution < 1.29 is 19.4 Å². The molecule has 0 spiro atoms. The molecule has 0 saturated heterocycles. The van der Waals surface area contributed by atoms with E-state index in [0.29, 0.717) is 0 Å². The van der Waals surface area contributed by atoms with Crippen LogP contribution in [-0.4, -0.2) is 22.6 Å². The number of aliphatic hydroxyl groups is 1. The van der Waals surface area contributed by atoms with Crippen LogP contribution in [0.25, 0.3) is 0 Å². The predicted octanol–water partition coefficient (Wildman–Crippen LogP) is 0.569. The SMILES string of the molecule is C=CC(=O)OC(=O)C(C)(O)C=CC. The molecule has 0 aliphatic heterocycles. The summed E-state index contributed by atoms with van der Waals surface area (Å²) in [5.41, 5.74) is -1.77. The summed E-state index contributed by atoms with van der Waals surface area (Å²) >= 11 is 0. The molecule has 0 aromatic rings. The summed E-state index contributed by atoms with van der Waals surface area (Å²) in [6.45, 7) is 5.98. The highest BCUT2D eigenvalue weighted by Gasteiger charge is 2.29. The number of allylic oxidation sites excluding steroid dienone is 1. The van der Waals surface area contributed by atoms with Gasteiger partial charge in [-0.05, 0) is 19.9 Å². The van der Waals surface area contributed by atoms with Crippen molar-refractivity contribution in [3.63, 3.8) is 0 Å². The molecule has 0 bridgehead atoms. The molecule has 72 valence electrons. The molecule has 1 atom stereocenters. The first-order valence-electron chi connectivity index (χ1n) is 3.69. The van der Waals surface area contributed by atoms with Crippen LogP contribution in [0.5, 0.6) is 0 Å². The minimum atomic E-state index is -1.77. The van der Waals surface area contributed by atoms with E-state index in [-0.39, 0.29) is 0 Å². The van der Waals surface area contributed by atoms with Crippen molar-refractivity contribution in [2.75, 3.05) is 0 Å². The summed E-state index contributed by atoms with van der Waals surface area (Å²) < 4.78 is 4.22. The first kappa shape index (κ1) is 11.6. The van der Waals surface area contributed by atoms with E-state index in [0.717, 1.165) is 6.08 Å². The van der Waals surface area contributed by atoms with Gasteiger partial charge in [0.05, 0.1) is 0 Å². The van der Waals surface area contributed by atoms with Crippen LogP contribution in [0, 0.1) is 0 Å². The van der Waals surface area contributed by atoms with E-state index in [9.17, 15) is 14.7 Å². The molecule has 0 aromatic heterocycles. The number of carbonyl (C=O) groups excluding carboxylic acids is 2. The Morgan fingerprint density at radius 1 is 1.54 bits per heavy atom. The molecule has 0 rings (SSSR count). The fourth-order valence-electron chi connectivity index (χ4n) is 0.629. The first-order chi connectivity index (χ1) is 5.94. The van der Waals surface area contributed by atoms with Crippen LogP contribution in [0.3, 0.4) is 0 Å². The number of hydrogen-bond donors (Lipinski definition) is 1. The zero-order chi connectivity index (χ0) is 10.5. The van der Waals surface area contributed by atoms with E-state index in [2.05, 4.69) is 11.3 Å². The van der Waals surface area contributed by atoms with Gasteiger partial charge in [-0.3, -0.25) is 0 Å². The van der Waals surface area contributed by atoms with Crippen LogP contribution in [0.1, 0.15) is 13.8 Å². The topological polar surface area (TPSA) is 63.6 Å². The number of hydrogen-bond acceptors (Lipinski definition) is 4. The van der Waals surface area contributed by atoms with Gasteiger partial charge in [-0.2, -0.15) is 0 Å². The highest BCUT2D eigenvalue weighted by Crippen LogP contribution is 2.08. The average molecular weight is 184 g/mol. The van der Waals surface area contributed by atoms with Gasteiger partial charge in [0.2, 0.25) is 0 Å². The van der Waals surface area contributed by atoms with Crippen molar-refractivity contribution in [2.24, 2.45) is 0 Å². The second-order valence-corrected chi connectivity index (χ2v) is 2.56. The minimum Gasteiger partial charge on any atom is -0.387 e. The third-order valence-corrected chi connectivity index (χ3v) is 1.26. The van der Waals surface area contributed by atoms with E-state index >= 15 is 0 Å². The lowest BCUT2D eigenvalue weighted by Gasteiger charge is -2.14. The Morgan fingerprint density at radius 2 is 2.08 bits per heavy atom. The maximum absolute atomic E-state index is 11.0. The summed E-state index contributed by atoms with van der Waals surface area (Å²) in [7, 11) is 0. The molecule has 0 saturated carbocycles. The highest BCUT2D eigenvalue weighted by atomic mass is 16.6. The normalized spacial score (nSPS) is 15.0. The lowest BCUT2D eigenvalue weighted by Crippen LogP contribution is -2.35. The molecule has 1 N–H and O–H groups in total. The van der Waals surface area contributed by atoms with Crippen molar-refractivity contribution in [3.05, 3.63) is 24.8 Å². The molecule has 0 heterocycles. The van der Waals surface area contributed by atoms with Gasteiger partial charge in [-0.15, -0.1) is 0 Å². The Kier molecular flexibility index (Phi) is 4.07. The molecular weight excluding hydrogens is 172 g/mol. The number of esters is 2. The summed E-state index contributed by atoms with van der Waals surface area (Å²) in [4.78, 5) is 21.6. The standard InChI is InChI=1S/C9H12O4/c1-4-6-9(3,12)8(11)13-7(10)5-2/h4-6,12H,2H2,1,3H3. The zero-order valence-electron chi connectivity index (χ0n) is 7.61. The van der Waals surface area contributed by atoms with Gasteiger partial charge < -0.3 is 9.84 Å². The molecule has 13 heavy (non-hydrogen) atoms. The Morgan fingerprint density at radius 3 is 2.46 bits per heavy atom. The second kappa shape index (κ2) is 4.57. The summed E-state index contributed by atoms with van der Waals surface area (Å²) in [5.74, 6) is -1.90. The number of rotatable bonds is 3. The smallest absolute Gasteiger partial charge is 0.349 e. The van der Waals surface area contributed by atoms with Crippen LogP contribution >= 0.6 is 0 Å². The fourth-order valence-corrected chi connectivity index (χ4v) is 0.629. The zero-order valence-corrected chi connectivity index (χ0v) is 7.61. The van der Waals surface area contributed by atoms with Gasteiger partial charge in [0, 0.05) is 6.08 Å². The Labute approximate surface area is 76.5 Å². The summed E-state index contributed by atoms with van der Waals surface area (Å²) in [6.07, 6.45) is 3.56. The van der Waals surface area contributed by atoms with Gasteiger partial charge in [0.15, 0.2) is 5.60 Å². The third-order valence-electron chi connectivity index (χ3n) is 1.26. The van der Waals surface area contributed by atoms with Crippen molar-refractivity contribution in [2.45, 2.75) is 19.4 Å². The average Bonchev–Trinajstić information content (AvgIpc) is 2.04. The van der Waals surface area contributed by atoms with Crippen LogP contribution in [0.2, 0.25) is 0 Å². The molecule has 4 nitrogen and oxygen atoms in total. The van der Waals surface area contributed by atoms with Crippen molar-refractivity contribution in [1.29, 1.82) is 0 Å². The number of carbonyl (C=O) groups is 2. The Hall–Kier alpha value is -1.42. The molecule has 0 aliphatic carbocycles. The van der Waals surface area contributed by atoms with Crippen LogP contribution in [0.15, 0.2) is 24.8 Å². The van der Waals surface area contributed by atoms with Crippen LogP contribution in [-0.2, 0) is 14.3 Å². The first-order valence-corrected chi connectivity index (χ1v) is 3.69. The van der Waals surface area contributed by atoms with Crippen molar-refractivity contribution in [3.8, 4) is 0 Å². The molecule has 4 heteroatoms. The van der Waals surface area contributed by atoms with Crippen molar-refractivity contribution >= 4 is 11.9 Å². The van der Waals surface area contributed by atoms with Crippen molar-refractivity contribution in [1.82, 2.24) is 0 Å². The van der Waals surface area contributed by atoms with Gasteiger partial charge in [-0.1, -0.05) is 12.7 Å². The highest BCUT2D eigenvalue weighted by molar-refractivity contribution is 5.95. The van der Waals surface area contributed by atoms with E-state index in [4.69, 9.17) is 0 Å². The Bertz CT molecular complexity index is 250.